The van der Waals surface area contributed by atoms with Gasteiger partial charge in [0.1, 0.15) is 0 Å². The lowest BCUT2D eigenvalue weighted by molar-refractivity contribution is 0.236. The van der Waals surface area contributed by atoms with Crippen molar-refractivity contribution < 1.29 is 0 Å². The molecule has 2 fully saturated rings. The zero-order chi connectivity index (χ0) is 12.6. The van der Waals surface area contributed by atoms with Crippen LogP contribution in [0.25, 0.3) is 0 Å². The molecule has 0 bridgehead atoms. The Hall–Kier alpha value is -1.06. The van der Waals surface area contributed by atoms with Crippen LogP contribution >= 0.6 is 0 Å². The van der Waals surface area contributed by atoms with Crippen LogP contribution in [0.1, 0.15) is 18.4 Å². The normalized spacial score (nSPS) is 23.1. The van der Waals surface area contributed by atoms with Crippen molar-refractivity contribution in [3.8, 4) is 0 Å². The fourth-order valence-corrected chi connectivity index (χ4v) is 2.75. The highest BCUT2D eigenvalue weighted by molar-refractivity contribution is 5.48. The molecule has 1 aliphatic carbocycles. The minimum atomic E-state index is 0.158. The minimum Gasteiger partial charge on any atom is -0.369 e. The smallest absolute Gasteiger partial charge is 0.0369 e. The van der Waals surface area contributed by atoms with E-state index in [-0.39, 0.29) is 5.54 Å². The van der Waals surface area contributed by atoms with Crippen molar-refractivity contribution in [3.05, 3.63) is 29.8 Å². The highest BCUT2D eigenvalue weighted by Crippen LogP contribution is 2.33. The Bertz CT molecular complexity index is 418. The van der Waals surface area contributed by atoms with Gasteiger partial charge in [-0.05, 0) is 37.5 Å². The zero-order valence-corrected chi connectivity index (χ0v) is 11.2. The van der Waals surface area contributed by atoms with Crippen molar-refractivity contribution in [2.24, 2.45) is 5.73 Å². The van der Waals surface area contributed by atoms with Crippen LogP contribution in [0.4, 0.5) is 5.69 Å². The molecule has 2 N–H and O–H groups in total. The van der Waals surface area contributed by atoms with Gasteiger partial charge in [-0.2, -0.15) is 0 Å². The van der Waals surface area contributed by atoms with Gasteiger partial charge in [0, 0.05) is 44.0 Å². The maximum atomic E-state index is 6.19. The summed E-state index contributed by atoms with van der Waals surface area (Å²) in [6.07, 6.45) is 2.43. The first kappa shape index (κ1) is 12.0. The summed E-state index contributed by atoms with van der Waals surface area (Å²) in [6.45, 7) is 7.79. The highest BCUT2D eigenvalue weighted by atomic mass is 15.3. The van der Waals surface area contributed by atoms with E-state index in [1.54, 1.807) is 0 Å². The van der Waals surface area contributed by atoms with Crippen molar-refractivity contribution >= 4 is 5.69 Å². The van der Waals surface area contributed by atoms with Gasteiger partial charge in [-0.15, -0.1) is 0 Å². The second-order valence-electron chi connectivity index (χ2n) is 5.96. The lowest BCUT2D eigenvalue weighted by Gasteiger charge is -2.37. The third kappa shape index (κ3) is 2.68. The van der Waals surface area contributed by atoms with Gasteiger partial charge < -0.3 is 10.6 Å². The van der Waals surface area contributed by atoms with Crippen LogP contribution < -0.4 is 10.6 Å². The molecule has 0 atom stereocenters. The third-order valence-corrected chi connectivity index (χ3v) is 4.17. The second kappa shape index (κ2) is 4.56. The number of nitrogens with zero attached hydrogens (tertiary/aromatic N) is 2. The van der Waals surface area contributed by atoms with Crippen LogP contribution in [0.15, 0.2) is 24.3 Å². The van der Waals surface area contributed by atoms with E-state index < -0.39 is 0 Å². The van der Waals surface area contributed by atoms with Gasteiger partial charge >= 0.3 is 0 Å². The Morgan fingerprint density at radius 3 is 2.50 bits per heavy atom. The van der Waals surface area contributed by atoms with E-state index in [9.17, 15) is 0 Å². The van der Waals surface area contributed by atoms with Crippen molar-refractivity contribution in [2.45, 2.75) is 25.3 Å². The van der Waals surface area contributed by atoms with Crippen LogP contribution in [0.3, 0.4) is 0 Å². The van der Waals surface area contributed by atoms with Crippen molar-refractivity contribution in [3.63, 3.8) is 0 Å². The molecule has 1 saturated carbocycles. The molecule has 1 saturated heterocycles. The number of hydrogen-bond acceptors (Lipinski definition) is 3. The molecule has 1 aromatic carbocycles. The Labute approximate surface area is 110 Å². The van der Waals surface area contributed by atoms with E-state index in [0.29, 0.717) is 0 Å². The molecule has 18 heavy (non-hydrogen) atoms. The van der Waals surface area contributed by atoms with E-state index >= 15 is 0 Å². The van der Waals surface area contributed by atoms with E-state index in [2.05, 4.69) is 41.0 Å². The molecule has 0 spiro atoms. The fourth-order valence-electron chi connectivity index (χ4n) is 2.75. The Kier molecular flexibility index (Phi) is 3.04. The van der Waals surface area contributed by atoms with E-state index in [4.69, 9.17) is 5.73 Å². The van der Waals surface area contributed by atoms with Crippen LogP contribution in [0.2, 0.25) is 0 Å². The molecule has 3 rings (SSSR count). The molecular weight excluding hydrogens is 222 g/mol. The van der Waals surface area contributed by atoms with Crippen LogP contribution in [-0.4, -0.2) is 43.2 Å². The Morgan fingerprint density at radius 1 is 1.17 bits per heavy atom. The molecule has 3 heteroatoms. The summed E-state index contributed by atoms with van der Waals surface area (Å²) in [6, 6.07) is 8.80. The minimum absolute atomic E-state index is 0.158. The van der Waals surface area contributed by atoms with Gasteiger partial charge in [0.15, 0.2) is 0 Å². The average Bonchev–Trinajstić information content (AvgIpc) is 3.08. The maximum absolute atomic E-state index is 6.19. The first-order chi connectivity index (χ1) is 8.65. The molecule has 0 amide bonds. The van der Waals surface area contributed by atoms with Crippen LogP contribution in [0.5, 0.6) is 0 Å². The SMILES string of the molecule is Cc1cccc(N2CCN(CC3(N)CC3)CC2)c1. The van der Waals surface area contributed by atoms with Gasteiger partial charge in [-0.1, -0.05) is 12.1 Å². The number of rotatable bonds is 3. The zero-order valence-electron chi connectivity index (χ0n) is 11.2. The number of piperazine rings is 1. The summed E-state index contributed by atoms with van der Waals surface area (Å²) in [4.78, 5) is 5.01. The molecule has 1 aromatic rings. The summed E-state index contributed by atoms with van der Waals surface area (Å²) in [5.41, 5.74) is 9.05. The highest BCUT2D eigenvalue weighted by Gasteiger charge is 2.40. The molecular formula is C15H23N3. The first-order valence-electron chi connectivity index (χ1n) is 6.98. The van der Waals surface area contributed by atoms with Crippen LogP contribution in [-0.2, 0) is 0 Å². The summed E-state index contributed by atoms with van der Waals surface area (Å²) in [7, 11) is 0. The Morgan fingerprint density at radius 2 is 1.89 bits per heavy atom. The molecule has 0 radical (unpaired) electrons. The predicted molar refractivity (Wildman–Crippen MR) is 76.0 cm³/mol. The molecule has 1 heterocycles. The maximum Gasteiger partial charge on any atom is 0.0369 e. The van der Waals surface area contributed by atoms with E-state index in [1.807, 2.05) is 0 Å². The Balaban J connectivity index is 1.56. The van der Waals surface area contributed by atoms with Gasteiger partial charge in [0.2, 0.25) is 0 Å². The summed E-state index contributed by atoms with van der Waals surface area (Å²) in [5, 5.41) is 0. The lowest BCUT2D eigenvalue weighted by Crippen LogP contribution is -2.50. The number of nitrogens with two attached hydrogens (primary N) is 1. The summed E-state index contributed by atoms with van der Waals surface area (Å²) >= 11 is 0. The fraction of sp³-hybridized carbons (Fsp3) is 0.600. The molecule has 3 nitrogen and oxygen atoms in total. The summed E-state index contributed by atoms with van der Waals surface area (Å²) in [5.74, 6) is 0. The largest absolute Gasteiger partial charge is 0.369 e. The number of aryl methyl sites for hydroxylation is 1. The van der Waals surface area contributed by atoms with E-state index in [1.165, 1.54) is 24.1 Å². The molecule has 0 unspecified atom stereocenters. The summed E-state index contributed by atoms with van der Waals surface area (Å²) < 4.78 is 0. The van der Waals surface area contributed by atoms with Crippen molar-refractivity contribution in [2.75, 3.05) is 37.6 Å². The standard InChI is InChI=1S/C15H23N3/c1-13-3-2-4-14(11-13)18-9-7-17(8-10-18)12-15(16)5-6-15/h2-4,11H,5-10,12,16H2,1H3. The second-order valence-corrected chi connectivity index (χ2v) is 5.96. The van der Waals surface area contributed by atoms with Gasteiger partial charge in [0.25, 0.3) is 0 Å². The van der Waals surface area contributed by atoms with Crippen LogP contribution in [0, 0.1) is 6.92 Å². The van der Waals surface area contributed by atoms with E-state index in [0.717, 1.165) is 32.7 Å². The monoisotopic (exact) mass is 245 g/mol. The molecule has 0 aromatic heterocycles. The van der Waals surface area contributed by atoms with Gasteiger partial charge in [-0.3, -0.25) is 4.90 Å². The predicted octanol–water partition coefficient (Wildman–Crippen LogP) is 1.61. The molecule has 98 valence electrons. The van der Waals surface area contributed by atoms with Gasteiger partial charge in [-0.25, -0.2) is 0 Å². The number of anilines is 1. The topological polar surface area (TPSA) is 32.5 Å². The average molecular weight is 245 g/mol. The van der Waals surface area contributed by atoms with Gasteiger partial charge in [0.05, 0.1) is 0 Å². The van der Waals surface area contributed by atoms with Crippen molar-refractivity contribution in [1.82, 2.24) is 4.90 Å². The van der Waals surface area contributed by atoms with Crippen molar-refractivity contribution in [1.29, 1.82) is 0 Å². The first-order valence-corrected chi connectivity index (χ1v) is 6.98. The number of hydrogen-bond donors (Lipinski definition) is 1. The lowest BCUT2D eigenvalue weighted by atomic mass is 10.2. The molecule has 2 aliphatic rings. The number of benzene rings is 1. The quantitative estimate of drug-likeness (QED) is 0.878. The molecule has 1 aliphatic heterocycles. The third-order valence-electron chi connectivity index (χ3n) is 4.17.